The summed E-state index contributed by atoms with van der Waals surface area (Å²) >= 11 is 0. The Hall–Kier alpha value is -0.120. The second-order valence-corrected chi connectivity index (χ2v) is 5.20. The molecule has 0 amide bonds. The zero-order valence-electron chi connectivity index (χ0n) is 10.9. The van der Waals surface area contributed by atoms with Crippen LogP contribution in [0.15, 0.2) is 0 Å². The first-order valence-corrected chi connectivity index (χ1v) is 6.65. The maximum absolute atomic E-state index is 9.30. The topological polar surface area (TPSA) is 41.5 Å². The fourth-order valence-electron chi connectivity index (χ4n) is 2.31. The van der Waals surface area contributed by atoms with Crippen molar-refractivity contribution in [1.82, 2.24) is 5.32 Å². The molecule has 0 radical (unpaired) electrons. The molecule has 0 bridgehead atoms. The van der Waals surface area contributed by atoms with Crippen molar-refractivity contribution in [2.75, 3.05) is 13.2 Å². The summed E-state index contributed by atoms with van der Waals surface area (Å²) < 4.78 is 5.72. The SMILES string of the molecule is CCCC1CC(NC(CO)C(C)C)CCO1. The molecular weight excluding hydrogens is 202 g/mol. The molecule has 1 rings (SSSR count). The molecule has 1 fully saturated rings. The van der Waals surface area contributed by atoms with Crippen LogP contribution < -0.4 is 5.32 Å². The molecule has 1 aliphatic heterocycles. The molecule has 3 atom stereocenters. The summed E-state index contributed by atoms with van der Waals surface area (Å²) in [7, 11) is 0. The van der Waals surface area contributed by atoms with Crippen molar-refractivity contribution in [3.63, 3.8) is 0 Å². The first kappa shape index (κ1) is 13.9. The minimum atomic E-state index is 0.227. The van der Waals surface area contributed by atoms with E-state index < -0.39 is 0 Å². The summed E-state index contributed by atoms with van der Waals surface area (Å²) in [6.45, 7) is 7.59. The zero-order valence-corrected chi connectivity index (χ0v) is 10.9. The molecule has 0 saturated carbocycles. The summed E-state index contributed by atoms with van der Waals surface area (Å²) in [6, 6.07) is 0.746. The second kappa shape index (κ2) is 7.25. The third-order valence-electron chi connectivity index (χ3n) is 3.43. The van der Waals surface area contributed by atoms with E-state index in [1.54, 1.807) is 0 Å². The number of ether oxygens (including phenoxy) is 1. The predicted molar refractivity (Wildman–Crippen MR) is 66.5 cm³/mol. The van der Waals surface area contributed by atoms with Gasteiger partial charge in [0.2, 0.25) is 0 Å². The van der Waals surface area contributed by atoms with E-state index in [4.69, 9.17) is 4.74 Å². The van der Waals surface area contributed by atoms with Crippen LogP contribution in [-0.4, -0.2) is 36.5 Å². The lowest BCUT2D eigenvalue weighted by Gasteiger charge is -2.33. The van der Waals surface area contributed by atoms with Crippen molar-refractivity contribution in [1.29, 1.82) is 0 Å². The summed E-state index contributed by atoms with van der Waals surface area (Å²) in [5, 5.41) is 12.9. The van der Waals surface area contributed by atoms with E-state index in [-0.39, 0.29) is 12.6 Å². The van der Waals surface area contributed by atoms with Crippen molar-refractivity contribution in [2.24, 2.45) is 5.92 Å². The van der Waals surface area contributed by atoms with Crippen LogP contribution in [0.25, 0.3) is 0 Å². The Labute approximate surface area is 99.6 Å². The van der Waals surface area contributed by atoms with Gasteiger partial charge in [0, 0.05) is 18.7 Å². The quantitative estimate of drug-likeness (QED) is 0.731. The van der Waals surface area contributed by atoms with Gasteiger partial charge in [-0.25, -0.2) is 0 Å². The molecule has 96 valence electrons. The molecule has 0 spiro atoms. The van der Waals surface area contributed by atoms with Gasteiger partial charge >= 0.3 is 0 Å². The number of aliphatic hydroxyl groups excluding tert-OH is 1. The molecule has 3 heteroatoms. The van der Waals surface area contributed by atoms with Crippen LogP contribution >= 0.6 is 0 Å². The molecule has 0 aromatic heterocycles. The van der Waals surface area contributed by atoms with Gasteiger partial charge in [0.05, 0.1) is 12.7 Å². The van der Waals surface area contributed by atoms with E-state index in [9.17, 15) is 5.11 Å². The average Bonchev–Trinajstić information content (AvgIpc) is 2.26. The zero-order chi connectivity index (χ0) is 12.0. The van der Waals surface area contributed by atoms with Crippen molar-refractivity contribution in [3.8, 4) is 0 Å². The van der Waals surface area contributed by atoms with Crippen LogP contribution in [0, 0.1) is 5.92 Å². The summed E-state index contributed by atoms with van der Waals surface area (Å²) in [6.07, 6.45) is 4.93. The van der Waals surface area contributed by atoms with Crippen LogP contribution in [0.4, 0.5) is 0 Å². The maximum atomic E-state index is 9.30. The molecule has 0 aliphatic carbocycles. The van der Waals surface area contributed by atoms with Gasteiger partial charge in [-0.1, -0.05) is 27.2 Å². The Bertz CT molecular complexity index is 183. The lowest BCUT2D eigenvalue weighted by atomic mass is 9.97. The van der Waals surface area contributed by atoms with E-state index >= 15 is 0 Å². The van der Waals surface area contributed by atoms with Gasteiger partial charge < -0.3 is 15.2 Å². The highest BCUT2D eigenvalue weighted by Crippen LogP contribution is 2.19. The Kier molecular flexibility index (Phi) is 6.32. The fraction of sp³-hybridized carbons (Fsp3) is 1.00. The van der Waals surface area contributed by atoms with Crippen molar-refractivity contribution in [2.45, 2.75) is 64.6 Å². The Morgan fingerprint density at radius 2 is 2.19 bits per heavy atom. The summed E-state index contributed by atoms with van der Waals surface area (Å²) in [4.78, 5) is 0. The van der Waals surface area contributed by atoms with Gasteiger partial charge in [-0.2, -0.15) is 0 Å². The largest absolute Gasteiger partial charge is 0.395 e. The Morgan fingerprint density at radius 1 is 1.44 bits per heavy atom. The third-order valence-corrected chi connectivity index (χ3v) is 3.43. The van der Waals surface area contributed by atoms with Gasteiger partial charge in [-0.05, 0) is 25.2 Å². The first-order chi connectivity index (χ1) is 7.67. The smallest absolute Gasteiger partial charge is 0.0589 e. The van der Waals surface area contributed by atoms with Crippen molar-refractivity contribution >= 4 is 0 Å². The van der Waals surface area contributed by atoms with Crippen LogP contribution in [0.2, 0.25) is 0 Å². The standard InChI is InChI=1S/C13H27NO2/c1-4-5-12-8-11(6-7-16-12)14-13(9-15)10(2)3/h10-15H,4-9H2,1-3H3. The second-order valence-electron chi connectivity index (χ2n) is 5.20. The Morgan fingerprint density at radius 3 is 2.75 bits per heavy atom. The minimum Gasteiger partial charge on any atom is -0.395 e. The van der Waals surface area contributed by atoms with Crippen LogP contribution in [0.3, 0.4) is 0 Å². The molecule has 0 aromatic carbocycles. The lowest BCUT2D eigenvalue weighted by molar-refractivity contribution is -0.00760. The lowest BCUT2D eigenvalue weighted by Crippen LogP contribution is -2.47. The molecular formula is C13H27NO2. The number of nitrogens with one attached hydrogen (secondary N) is 1. The monoisotopic (exact) mass is 229 g/mol. The highest BCUT2D eigenvalue weighted by atomic mass is 16.5. The fourth-order valence-corrected chi connectivity index (χ4v) is 2.31. The molecule has 1 aliphatic rings. The van der Waals surface area contributed by atoms with Gasteiger partial charge in [0.1, 0.15) is 0 Å². The molecule has 3 unspecified atom stereocenters. The summed E-state index contributed by atoms with van der Waals surface area (Å²) in [5.74, 6) is 0.484. The number of aliphatic hydroxyl groups is 1. The number of hydrogen-bond acceptors (Lipinski definition) is 3. The highest BCUT2D eigenvalue weighted by Gasteiger charge is 2.24. The van der Waals surface area contributed by atoms with E-state index in [2.05, 4.69) is 26.1 Å². The van der Waals surface area contributed by atoms with E-state index in [1.807, 2.05) is 0 Å². The normalized spacial score (nSPS) is 28.3. The van der Waals surface area contributed by atoms with E-state index in [1.165, 1.54) is 6.42 Å². The number of hydrogen-bond donors (Lipinski definition) is 2. The number of rotatable bonds is 6. The highest BCUT2D eigenvalue weighted by molar-refractivity contribution is 4.81. The van der Waals surface area contributed by atoms with Gasteiger partial charge in [-0.15, -0.1) is 0 Å². The van der Waals surface area contributed by atoms with Gasteiger partial charge in [0.15, 0.2) is 0 Å². The van der Waals surface area contributed by atoms with Gasteiger partial charge in [-0.3, -0.25) is 0 Å². The molecule has 0 aromatic rings. The van der Waals surface area contributed by atoms with E-state index in [0.717, 1.165) is 25.9 Å². The van der Waals surface area contributed by atoms with Crippen molar-refractivity contribution < 1.29 is 9.84 Å². The molecule has 1 saturated heterocycles. The molecule has 1 heterocycles. The Balaban J connectivity index is 2.35. The summed E-state index contributed by atoms with van der Waals surface area (Å²) in [5.41, 5.74) is 0. The molecule has 3 nitrogen and oxygen atoms in total. The average molecular weight is 229 g/mol. The maximum Gasteiger partial charge on any atom is 0.0589 e. The van der Waals surface area contributed by atoms with Gasteiger partial charge in [0.25, 0.3) is 0 Å². The van der Waals surface area contributed by atoms with E-state index in [0.29, 0.717) is 18.1 Å². The predicted octanol–water partition coefficient (Wildman–Crippen LogP) is 1.94. The minimum absolute atomic E-state index is 0.227. The molecule has 2 N–H and O–H groups in total. The van der Waals surface area contributed by atoms with Crippen LogP contribution in [-0.2, 0) is 4.74 Å². The van der Waals surface area contributed by atoms with Crippen LogP contribution in [0.5, 0.6) is 0 Å². The van der Waals surface area contributed by atoms with Crippen molar-refractivity contribution in [3.05, 3.63) is 0 Å². The third kappa shape index (κ3) is 4.40. The first-order valence-electron chi connectivity index (χ1n) is 6.65. The molecule has 16 heavy (non-hydrogen) atoms. The van der Waals surface area contributed by atoms with Crippen LogP contribution in [0.1, 0.15) is 46.5 Å².